The standard InChI is InChI=1S/C27H33N3O3/c1-5-22-12-9-13-24(28-22)27(31)30(20(2)14-15-21-10-7-6-8-11-21)19-18-23-16-17-25(32-3)26(29-23)33-4/h6-13,16-17,20H,5,14-15,18-19H2,1-4H3. The number of hydrogen-bond donors (Lipinski definition) is 0. The number of aromatic nitrogens is 2. The summed E-state index contributed by atoms with van der Waals surface area (Å²) in [5.74, 6) is 0.986. The minimum Gasteiger partial charge on any atom is -0.491 e. The topological polar surface area (TPSA) is 64.6 Å². The first kappa shape index (κ1) is 24.2. The van der Waals surface area contributed by atoms with Crippen LogP contribution in [0.1, 0.15) is 47.7 Å². The highest BCUT2D eigenvalue weighted by molar-refractivity contribution is 5.92. The van der Waals surface area contributed by atoms with E-state index < -0.39 is 0 Å². The van der Waals surface area contributed by atoms with Gasteiger partial charge in [0.1, 0.15) is 5.69 Å². The fraction of sp³-hybridized carbons (Fsp3) is 0.370. The first-order valence-electron chi connectivity index (χ1n) is 11.4. The Balaban J connectivity index is 1.78. The van der Waals surface area contributed by atoms with E-state index in [2.05, 4.69) is 29.0 Å². The third kappa shape index (κ3) is 6.54. The number of nitrogens with zero attached hydrogens (tertiary/aromatic N) is 3. The second-order valence-electron chi connectivity index (χ2n) is 8.00. The van der Waals surface area contributed by atoms with E-state index in [9.17, 15) is 4.79 Å². The first-order chi connectivity index (χ1) is 16.0. The number of benzene rings is 1. The number of pyridine rings is 2. The second kappa shape index (κ2) is 12.0. The van der Waals surface area contributed by atoms with Crippen LogP contribution in [0.15, 0.2) is 60.7 Å². The molecular formula is C27H33N3O3. The number of methoxy groups -OCH3 is 2. The maximum atomic E-state index is 13.5. The van der Waals surface area contributed by atoms with Crippen molar-refractivity contribution in [1.82, 2.24) is 14.9 Å². The van der Waals surface area contributed by atoms with E-state index in [1.807, 2.05) is 54.3 Å². The van der Waals surface area contributed by atoms with Crippen molar-refractivity contribution in [3.05, 3.63) is 83.3 Å². The zero-order valence-corrected chi connectivity index (χ0v) is 20.0. The van der Waals surface area contributed by atoms with Gasteiger partial charge in [0, 0.05) is 30.4 Å². The molecule has 0 radical (unpaired) electrons. The quantitative estimate of drug-likeness (QED) is 0.424. The summed E-state index contributed by atoms with van der Waals surface area (Å²) >= 11 is 0. The van der Waals surface area contributed by atoms with Gasteiger partial charge in [0.25, 0.3) is 11.8 Å². The maximum absolute atomic E-state index is 13.5. The molecule has 1 amide bonds. The Bertz CT molecular complexity index is 1040. The lowest BCUT2D eigenvalue weighted by Gasteiger charge is -2.29. The van der Waals surface area contributed by atoms with Crippen LogP contribution in [-0.4, -0.2) is 47.6 Å². The summed E-state index contributed by atoms with van der Waals surface area (Å²) in [4.78, 5) is 24.5. The minimum atomic E-state index is -0.0497. The third-order valence-electron chi connectivity index (χ3n) is 5.78. The van der Waals surface area contributed by atoms with Crippen LogP contribution in [0, 0.1) is 0 Å². The van der Waals surface area contributed by atoms with Gasteiger partial charge in [-0.25, -0.2) is 9.97 Å². The lowest BCUT2D eigenvalue weighted by Crippen LogP contribution is -2.41. The molecule has 1 atom stereocenters. The second-order valence-corrected chi connectivity index (χ2v) is 8.00. The van der Waals surface area contributed by atoms with Crippen LogP contribution < -0.4 is 9.47 Å². The Kier molecular flexibility index (Phi) is 8.81. The van der Waals surface area contributed by atoms with Crippen LogP contribution in [0.5, 0.6) is 11.6 Å². The molecule has 1 aromatic carbocycles. The average Bonchev–Trinajstić information content (AvgIpc) is 2.87. The summed E-state index contributed by atoms with van der Waals surface area (Å²) in [6, 6.07) is 19.8. The van der Waals surface area contributed by atoms with Gasteiger partial charge >= 0.3 is 0 Å². The molecule has 0 fully saturated rings. The number of amides is 1. The van der Waals surface area contributed by atoms with Gasteiger partial charge in [-0.15, -0.1) is 0 Å². The SMILES string of the molecule is CCc1cccc(C(=O)N(CCc2ccc(OC)c(OC)n2)C(C)CCc2ccccc2)n1. The van der Waals surface area contributed by atoms with Crippen LogP contribution in [-0.2, 0) is 19.3 Å². The number of hydrogen-bond acceptors (Lipinski definition) is 5. The van der Waals surface area contributed by atoms with Gasteiger partial charge in [-0.3, -0.25) is 4.79 Å². The van der Waals surface area contributed by atoms with E-state index in [1.165, 1.54) is 5.56 Å². The molecule has 3 aromatic rings. The highest BCUT2D eigenvalue weighted by Crippen LogP contribution is 2.24. The Morgan fingerprint density at radius 1 is 0.909 bits per heavy atom. The summed E-state index contributed by atoms with van der Waals surface area (Å²) in [5.41, 5.74) is 3.51. The zero-order valence-electron chi connectivity index (χ0n) is 20.0. The van der Waals surface area contributed by atoms with Gasteiger partial charge in [-0.2, -0.15) is 0 Å². The molecule has 0 bridgehead atoms. The molecule has 0 aliphatic heterocycles. The Morgan fingerprint density at radius 2 is 1.70 bits per heavy atom. The Morgan fingerprint density at radius 3 is 2.39 bits per heavy atom. The van der Waals surface area contributed by atoms with Crippen molar-refractivity contribution >= 4 is 5.91 Å². The number of carbonyl (C=O) groups is 1. The van der Waals surface area contributed by atoms with Crippen molar-refractivity contribution in [2.75, 3.05) is 20.8 Å². The van der Waals surface area contributed by atoms with Crippen molar-refractivity contribution < 1.29 is 14.3 Å². The monoisotopic (exact) mass is 447 g/mol. The third-order valence-corrected chi connectivity index (χ3v) is 5.78. The fourth-order valence-corrected chi connectivity index (χ4v) is 3.78. The van der Waals surface area contributed by atoms with E-state index >= 15 is 0 Å². The lowest BCUT2D eigenvalue weighted by atomic mass is 10.0. The van der Waals surface area contributed by atoms with Crippen LogP contribution in [0.2, 0.25) is 0 Å². The molecule has 2 aromatic heterocycles. The van der Waals surface area contributed by atoms with E-state index in [0.717, 1.165) is 30.7 Å². The first-order valence-corrected chi connectivity index (χ1v) is 11.4. The van der Waals surface area contributed by atoms with Gasteiger partial charge in [0.05, 0.1) is 14.2 Å². The van der Waals surface area contributed by atoms with Crippen LogP contribution in [0.3, 0.4) is 0 Å². The van der Waals surface area contributed by atoms with Crippen LogP contribution in [0.25, 0.3) is 0 Å². The van der Waals surface area contributed by atoms with Crippen molar-refractivity contribution in [3.8, 4) is 11.6 Å². The molecule has 6 nitrogen and oxygen atoms in total. The number of ether oxygens (including phenoxy) is 2. The molecule has 2 heterocycles. The Labute approximate surface area is 196 Å². The number of rotatable bonds is 11. The molecule has 6 heteroatoms. The van der Waals surface area contributed by atoms with Gasteiger partial charge < -0.3 is 14.4 Å². The van der Waals surface area contributed by atoms with Gasteiger partial charge in [0.15, 0.2) is 5.75 Å². The molecule has 33 heavy (non-hydrogen) atoms. The van der Waals surface area contributed by atoms with Crippen LogP contribution >= 0.6 is 0 Å². The van der Waals surface area contributed by atoms with E-state index in [-0.39, 0.29) is 11.9 Å². The zero-order chi connectivity index (χ0) is 23.6. The molecular weight excluding hydrogens is 414 g/mol. The molecule has 174 valence electrons. The van der Waals surface area contributed by atoms with Gasteiger partial charge in [0.2, 0.25) is 0 Å². The summed E-state index contributed by atoms with van der Waals surface area (Å²) in [7, 11) is 3.16. The normalized spacial score (nSPS) is 11.6. The smallest absolute Gasteiger partial charge is 0.272 e. The fourth-order valence-electron chi connectivity index (χ4n) is 3.78. The average molecular weight is 448 g/mol. The minimum absolute atomic E-state index is 0.0462. The number of carbonyl (C=O) groups excluding carboxylic acids is 1. The van der Waals surface area contributed by atoms with Crippen LogP contribution in [0.4, 0.5) is 0 Å². The summed E-state index contributed by atoms with van der Waals surface area (Å²) in [5, 5.41) is 0. The van der Waals surface area contributed by atoms with Gasteiger partial charge in [-0.1, -0.05) is 43.3 Å². The highest BCUT2D eigenvalue weighted by atomic mass is 16.5. The molecule has 0 spiro atoms. The predicted molar refractivity (Wildman–Crippen MR) is 130 cm³/mol. The highest BCUT2D eigenvalue weighted by Gasteiger charge is 2.23. The molecule has 0 aliphatic rings. The lowest BCUT2D eigenvalue weighted by molar-refractivity contribution is 0.0680. The van der Waals surface area contributed by atoms with Crippen molar-refractivity contribution in [2.45, 2.75) is 45.6 Å². The van der Waals surface area contributed by atoms with E-state index in [1.54, 1.807) is 20.3 Å². The summed E-state index contributed by atoms with van der Waals surface area (Å²) in [6.45, 7) is 4.68. The van der Waals surface area contributed by atoms with Gasteiger partial charge in [-0.05, 0) is 56.0 Å². The van der Waals surface area contributed by atoms with Crippen molar-refractivity contribution in [3.63, 3.8) is 0 Å². The van der Waals surface area contributed by atoms with E-state index in [0.29, 0.717) is 30.3 Å². The molecule has 3 rings (SSSR count). The molecule has 0 N–H and O–H groups in total. The summed E-state index contributed by atoms with van der Waals surface area (Å²) in [6.07, 6.45) is 3.17. The predicted octanol–water partition coefficient (Wildman–Crippen LogP) is 4.76. The summed E-state index contributed by atoms with van der Waals surface area (Å²) < 4.78 is 10.6. The van der Waals surface area contributed by atoms with Crippen molar-refractivity contribution in [2.24, 2.45) is 0 Å². The number of aryl methyl sites for hydroxylation is 2. The van der Waals surface area contributed by atoms with Crippen molar-refractivity contribution in [1.29, 1.82) is 0 Å². The molecule has 0 aliphatic carbocycles. The largest absolute Gasteiger partial charge is 0.491 e. The Hall–Kier alpha value is -3.41. The molecule has 0 saturated heterocycles. The molecule has 0 saturated carbocycles. The molecule has 1 unspecified atom stereocenters. The maximum Gasteiger partial charge on any atom is 0.272 e. The van der Waals surface area contributed by atoms with E-state index in [4.69, 9.17) is 9.47 Å².